The number of piperazine rings is 1. The van der Waals surface area contributed by atoms with Crippen molar-refractivity contribution in [3.63, 3.8) is 0 Å². The van der Waals surface area contributed by atoms with E-state index in [1.807, 2.05) is 25.1 Å². The number of hydrogen-bond acceptors (Lipinski definition) is 3. The van der Waals surface area contributed by atoms with Gasteiger partial charge in [-0.1, -0.05) is 41.4 Å². The number of nitrogens with one attached hydrogen (secondary N) is 1. The Morgan fingerprint density at radius 3 is 2.32 bits per heavy atom. The van der Waals surface area contributed by atoms with Crippen molar-refractivity contribution >= 4 is 23.2 Å². The number of aryl methyl sites for hydroxylation is 3. The molecule has 0 radical (unpaired) electrons. The van der Waals surface area contributed by atoms with Crippen molar-refractivity contribution in [3.05, 3.63) is 63.7 Å². The Morgan fingerprint density at radius 1 is 1.07 bits per heavy atom. The van der Waals surface area contributed by atoms with Gasteiger partial charge in [0.2, 0.25) is 5.91 Å². The zero-order chi connectivity index (χ0) is 20.3. The molecule has 28 heavy (non-hydrogen) atoms. The van der Waals surface area contributed by atoms with Gasteiger partial charge >= 0.3 is 0 Å². The minimum atomic E-state index is -0.145. The average Bonchev–Trinajstić information content (AvgIpc) is 2.64. The number of carbonyl (C=O) groups excluding carboxylic acids is 1. The van der Waals surface area contributed by atoms with Gasteiger partial charge in [-0.3, -0.25) is 14.6 Å². The van der Waals surface area contributed by atoms with Crippen molar-refractivity contribution in [2.24, 2.45) is 0 Å². The highest BCUT2D eigenvalue weighted by Gasteiger charge is 2.26. The summed E-state index contributed by atoms with van der Waals surface area (Å²) in [5.41, 5.74) is 5.63. The minimum absolute atomic E-state index is 0.0679. The molecule has 0 bridgehead atoms. The van der Waals surface area contributed by atoms with Gasteiger partial charge in [-0.05, 0) is 56.5 Å². The molecule has 1 aliphatic heterocycles. The standard InChI is InChI=1S/C23H30ClN3O/c1-16-12-17(2)22(18(3)13-16)25-23(28)19(4)27-10-8-26(9-11-27)15-20-6-5-7-21(24)14-20/h5-7,12-14,19H,8-11,15H2,1-4H3,(H,25,28)/t19-/m0/s1. The Balaban J connectivity index is 1.54. The van der Waals surface area contributed by atoms with E-state index in [0.29, 0.717) is 0 Å². The lowest BCUT2D eigenvalue weighted by atomic mass is 10.0. The fraction of sp³-hybridized carbons (Fsp3) is 0.435. The summed E-state index contributed by atoms with van der Waals surface area (Å²) in [6.45, 7) is 12.8. The second-order valence-corrected chi connectivity index (χ2v) is 8.32. The van der Waals surface area contributed by atoms with E-state index in [4.69, 9.17) is 11.6 Å². The first-order chi connectivity index (χ1) is 13.3. The highest BCUT2D eigenvalue weighted by molar-refractivity contribution is 6.30. The second-order valence-electron chi connectivity index (χ2n) is 7.88. The predicted molar refractivity (Wildman–Crippen MR) is 117 cm³/mol. The van der Waals surface area contributed by atoms with Gasteiger partial charge in [0.1, 0.15) is 0 Å². The fourth-order valence-electron chi connectivity index (χ4n) is 3.97. The van der Waals surface area contributed by atoms with Crippen LogP contribution in [0.15, 0.2) is 36.4 Å². The molecule has 0 aromatic heterocycles. The Hall–Kier alpha value is -1.88. The van der Waals surface area contributed by atoms with Crippen LogP contribution in [0.1, 0.15) is 29.2 Å². The molecule has 2 aromatic carbocycles. The van der Waals surface area contributed by atoms with E-state index < -0.39 is 0 Å². The van der Waals surface area contributed by atoms with Crippen molar-refractivity contribution in [1.29, 1.82) is 0 Å². The molecule has 1 atom stereocenters. The fourth-order valence-corrected chi connectivity index (χ4v) is 4.19. The monoisotopic (exact) mass is 399 g/mol. The molecule has 1 amide bonds. The van der Waals surface area contributed by atoms with Crippen molar-refractivity contribution in [1.82, 2.24) is 9.80 Å². The molecule has 150 valence electrons. The molecule has 1 heterocycles. The van der Waals surface area contributed by atoms with Gasteiger partial charge in [-0.25, -0.2) is 0 Å². The number of rotatable bonds is 5. The normalized spacial score (nSPS) is 16.8. The zero-order valence-electron chi connectivity index (χ0n) is 17.3. The van der Waals surface area contributed by atoms with Crippen LogP contribution >= 0.6 is 11.6 Å². The molecule has 0 aliphatic carbocycles. The summed E-state index contributed by atoms with van der Waals surface area (Å²) in [5.74, 6) is 0.0679. The van der Waals surface area contributed by atoms with Crippen molar-refractivity contribution in [2.45, 2.75) is 40.3 Å². The van der Waals surface area contributed by atoms with Crippen LogP contribution in [0.4, 0.5) is 5.69 Å². The molecule has 4 nitrogen and oxygen atoms in total. The summed E-state index contributed by atoms with van der Waals surface area (Å²) in [5, 5.41) is 3.93. The molecular formula is C23H30ClN3O. The largest absolute Gasteiger partial charge is 0.324 e. The van der Waals surface area contributed by atoms with Crippen LogP contribution in [0.25, 0.3) is 0 Å². The van der Waals surface area contributed by atoms with Crippen LogP contribution in [0.5, 0.6) is 0 Å². The number of hydrogen-bond donors (Lipinski definition) is 1. The Labute approximate surface area is 173 Å². The maximum atomic E-state index is 12.8. The smallest absolute Gasteiger partial charge is 0.241 e. The topological polar surface area (TPSA) is 35.6 Å². The molecule has 0 saturated carbocycles. The quantitative estimate of drug-likeness (QED) is 0.808. The molecule has 0 spiro atoms. The summed E-state index contributed by atoms with van der Waals surface area (Å²) in [4.78, 5) is 17.5. The van der Waals surface area contributed by atoms with Crippen LogP contribution < -0.4 is 5.32 Å². The van der Waals surface area contributed by atoms with Gasteiger partial charge in [-0.15, -0.1) is 0 Å². The molecule has 1 saturated heterocycles. The van der Waals surface area contributed by atoms with Gasteiger partial charge in [-0.2, -0.15) is 0 Å². The first kappa shape index (κ1) is 20.8. The highest BCUT2D eigenvalue weighted by Crippen LogP contribution is 2.23. The Kier molecular flexibility index (Phi) is 6.76. The van der Waals surface area contributed by atoms with E-state index in [2.05, 4.69) is 54.1 Å². The van der Waals surface area contributed by atoms with Crippen LogP contribution in [-0.4, -0.2) is 47.9 Å². The van der Waals surface area contributed by atoms with Crippen LogP contribution in [0, 0.1) is 20.8 Å². The molecule has 1 aliphatic rings. The van der Waals surface area contributed by atoms with Crippen molar-refractivity contribution in [3.8, 4) is 0 Å². The predicted octanol–water partition coefficient (Wildman–Crippen LogP) is 4.41. The van der Waals surface area contributed by atoms with Gasteiger partial charge in [0.25, 0.3) is 0 Å². The lowest BCUT2D eigenvalue weighted by molar-refractivity contribution is -0.121. The number of amides is 1. The molecule has 2 aromatic rings. The summed E-state index contributed by atoms with van der Waals surface area (Å²) in [7, 11) is 0. The number of anilines is 1. The van der Waals surface area contributed by atoms with E-state index in [1.54, 1.807) is 0 Å². The highest BCUT2D eigenvalue weighted by atomic mass is 35.5. The first-order valence-electron chi connectivity index (χ1n) is 9.93. The lowest BCUT2D eigenvalue weighted by Gasteiger charge is -2.37. The Morgan fingerprint density at radius 2 is 1.71 bits per heavy atom. The van der Waals surface area contributed by atoms with Gasteiger partial charge < -0.3 is 5.32 Å². The maximum absolute atomic E-state index is 12.8. The lowest BCUT2D eigenvalue weighted by Crippen LogP contribution is -2.52. The summed E-state index contributed by atoms with van der Waals surface area (Å²) >= 11 is 6.09. The van der Waals surface area contributed by atoms with E-state index >= 15 is 0 Å². The number of benzene rings is 2. The number of halogens is 1. The summed E-state index contributed by atoms with van der Waals surface area (Å²) < 4.78 is 0. The number of carbonyl (C=O) groups is 1. The minimum Gasteiger partial charge on any atom is -0.324 e. The van der Waals surface area contributed by atoms with E-state index in [9.17, 15) is 4.79 Å². The third-order valence-electron chi connectivity index (χ3n) is 5.55. The third kappa shape index (κ3) is 5.13. The SMILES string of the molecule is Cc1cc(C)c(NC(=O)[C@H](C)N2CCN(Cc3cccc(Cl)c3)CC2)c(C)c1. The first-order valence-corrected chi connectivity index (χ1v) is 10.3. The third-order valence-corrected chi connectivity index (χ3v) is 5.79. The summed E-state index contributed by atoms with van der Waals surface area (Å²) in [6.07, 6.45) is 0. The molecular weight excluding hydrogens is 370 g/mol. The molecule has 5 heteroatoms. The van der Waals surface area contributed by atoms with Crippen molar-refractivity contribution < 1.29 is 4.79 Å². The molecule has 1 N–H and O–H groups in total. The van der Waals surface area contributed by atoms with E-state index in [1.165, 1.54) is 11.1 Å². The second kappa shape index (κ2) is 9.08. The van der Waals surface area contributed by atoms with Crippen LogP contribution in [0.2, 0.25) is 5.02 Å². The maximum Gasteiger partial charge on any atom is 0.241 e. The zero-order valence-corrected chi connectivity index (χ0v) is 18.0. The molecule has 1 fully saturated rings. The van der Waals surface area contributed by atoms with Gasteiger partial charge in [0, 0.05) is 43.4 Å². The van der Waals surface area contributed by atoms with Crippen LogP contribution in [-0.2, 0) is 11.3 Å². The average molecular weight is 400 g/mol. The van der Waals surface area contributed by atoms with E-state index in [0.717, 1.165) is 54.6 Å². The van der Waals surface area contributed by atoms with Gasteiger partial charge in [0.05, 0.1) is 6.04 Å². The van der Waals surface area contributed by atoms with E-state index in [-0.39, 0.29) is 11.9 Å². The summed E-state index contributed by atoms with van der Waals surface area (Å²) in [6, 6.07) is 12.1. The van der Waals surface area contributed by atoms with Crippen LogP contribution in [0.3, 0.4) is 0 Å². The molecule has 3 rings (SSSR count). The van der Waals surface area contributed by atoms with Crippen molar-refractivity contribution in [2.75, 3.05) is 31.5 Å². The molecule has 0 unspecified atom stereocenters. The number of nitrogens with zero attached hydrogens (tertiary/aromatic N) is 2. The van der Waals surface area contributed by atoms with Gasteiger partial charge in [0.15, 0.2) is 0 Å². The Bertz CT molecular complexity index is 820.